The summed E-state index contributed by atoms with van der Waals surface area (Å²) < 4.78 is 19.0. The van der Waals surface area contributed by atoms with E-state index in [2.05, 4.69) is 15.0 Å². The van der Waals surface area contributed by atoms with E-state index in [1.54, 1.807) is 25.6 Å². The van der Waals surface area contributed by atoms with E-state index in [9.17, 15) is 9.18 Å². The number of nitrogens with zero attached hydrogens (tertiary/aromatic N) is 3. The maximum Gasteiger partial charge on any atom is 0.256 e. The van der Waals surface area contributed by atoms with Crippen LogP contribution in [0.5, 0.6) is 5.75 Å². The van der Waals surface area contributed by atoms with Crippen LogP contribution in [0, 0.1) is 12.7 Å². The number of H-pyrrole nitrogens is 1. The Kier molecular flexibility index (Phi) is 4.66. The van der Waals surface area contributed by atoms with Crippen molar-refractivity contribution in [2.24, 2.45) is 0 Å². The summed E-state index contributed by atoms with van der Waals surface area (Å²) in [6.45, 7) is 2.34. The Morgan fingerprint density at radius 3 is 2.77 bits per heavy atom. The van der Waals surface area contributed by atoms with E-state index in [0.29, 0.717) is 35.1 Å². The summed E-state index contributed by atoms with van der Waals surface area (Å²) in [7, 11) is 1.62. The van der Waals surface area contributed by atoms with E-state index in [0.717, 1.165) is 22.7 Å². The van der Waals surface area contributed by atoms with E-state index < -0.39 is 0 Å². The molecular weight excluding hydrogens is 395 g/mol. The van der Waals surface area contributed by atoms with Gasteiger partial charge < -0.3 is 14.6 Å². The van der Waals surface area contributed by atoms with Crippen LogP contribution < -0.4 is 4.74 Å². The lowest BCUT2D eigenvalue weighted by Gasteiger charge is -2.35. The molecule has 7 heteroatoms. The van der Waals surface area contributed by atoms with Gasteiger partial charge >= 0.3 is 0 Å². The first-order chi connectivity index (χ1) is 15.0. The highest BCUT2D eigenvalue weighted by Gasteiger charge is 2.35. The van der Waals surface area contributed by atoms with Crippen molar-refractivity contribution in [3.05, 3.63) is 88.9 Å². The molecule has 1 aliphatic rings. The molecule has 1 unspecified atom stereocenters. The predicted octanol–water partition coefficient (Wildman–Crippen LogP) is 4.20. The number of nitrogens with one attached hydrogen (secondary N) is 1. The number of amides is 1. The number of fused-ring (bicyclic) bond motifs is 2. The lowest BCUT2D eigenvalue weighted by atomic mass is 9.94. The van der Waals surface area contributed by atoms with Gasteiger partial charge in [-0.3, -0.25) is 9.78 Å². The Morgan fingerprint density at radius 1 is 1.19 bits per heavy atom. The Balaban J connectivity index is 1.59. The van der Waals surface area contributed by atoms with Gasteiger partial charge in [-0.1, -0.05) is 12.1 Å². The number of hydrogen-bond donors (Lipinski definition) is 1. The number of methoxy groups -OCH3 is 1. The molecule has 0 aliphatic carbocycles. The van der Waals surface area contributed by atoms with E-state index in [4.69, 9.17) is 4.74 Å². The fourth-order valence-corrected chi connectivity index (χ4v) is 4.23. The highest BCUT2D eigenvalue weighted by Crippen LogP contribution is 2.35. The van der Waals surface area contributed by atoms with Gasteiger partial charge in [0.05, 0.1) is 35.9 Å². The highest BCUT2D eigenvalue weighted by molar-refractivity contribution is 5.99. The smallest absolute Gasteiger partial charge is 0.256 e. The molecule has 3 heterocycles. The standard InChI is InChI=1S/C24H21FN4O2/c1-14-19(12-16-11-17(25)5-8-20(16)28-14)24(30)29-10-9-21-22(27-13-26-21)23(29)15-3-6-18(31-2)7-4-15/h3-8,11-13,23H,9-10H2,1-2H3,(H,26,27). The minimum absolute atomic E-state index is 0.148. The van der Waals surface area contributed by atoms with Crippen molar-refractivity contribution < 1.29 is 13.9 Å². The first kappa shape index (κ1) is 19.2. The minimum Gasteiger partial charge on any atom is -0.497 e. The van der Waals surface area contributed by atoms with E-state index in [-0.39, 0.29) is 17.8 Å². The lowest BCUT2D eigenvalue weighted by Crippen LogP contribution is -2.41. The second-order valence-electron chi connectivity index (χ2n) is 7.65. The Bertz CT molecular complexity index is 1280. The average molecular weight is 416 g/mol. The first-order valence-electron chi connectivity index (χ1n) is 10.1. The van der Waals surface area contributed by atoms with Crippen molar-refractivity contribution in [2.75, 3.05) is 13.7 Å². The van der Waals surface area contributed by atoms with Gasteiger partial charge in [-0.25, -0.2) is 9.37 Å². The molecule has 0 saturated heterocycles. The van der Waals surface area contributed by atoms with Gasteiger partial charge in [-0.2, -0.15) is 0 Å². The molecule has 0 fully saturated rings. The van der Waals surface area contributed by atoms with Crippen LogP contribution in [0.3, 0.4) is 0 Å². The largest absolute Gasteiger partial charge is 0.497 e. The molecule has 0 saturated carbocycles. The molecule has 5 rings (SSSR count). The van der Waals surface area contributed by atoms with Gasteiger partial charge in [0.25, 0.3) is 5.91 Å². The molecule has 1 atom stereocenters. The molecule has 1 N–H and O–H groups in total. The summed E-state index contributed by atoms with van der Waals surface area (Å²) in [5.74, 6) is 0.244. The van der Waals surface area contributed by atoms with Crippen LogP contribution in [0.4, 0.5) is 4.39 Å². The molecular formula is C24H21FN4O2. The maximum atomic E-state index is 13.8. The third kappa shape index (κ3) is 3.32. The zero-order chi connectivity index (χ0) is 21.5. The van der Waals surface area contributed by atoms with Gasteiger partial charge in [0, 0.05) is 24.0 Å². The van der Waals surface area contributed by atoms with Crippen molar-refractivity contribution >= 4 is 16.8 Å². The second kappa shape index (κ2) is 7.50. The molecule has 1 aliphatic heterocycles. The molecule has 156 valence electrons. The summed E-state index contributed by atoms with van der Waals surface area (Å²) in [5.41, 5.74) is 4.55. The Hall–Kier alpha value is -3.74. The van der Waals surface area contributed by atoms with Gasteiger partial charge in [0.15, 0.2) is 0 Å². The van der Waals surface area contributed by atoms with Crippen LogP contribution in [0.25, 0.3) is 10.9 Å². The van der Waals surface area contributed by atoms with Crippen molar-refractivity contribution in [3.8, 4) is 5.75 Å². The first-order valence-corrected chi connectivity index (χ1v) is 10.1. The van der Waals surface area contributed by atoms with Crippen molar-refractivity contribution in [1.29, 1.82) is 0 Å². The molecule has 0 radical (unpaired) electrons. The van der Waals surface area contributed by atoms with Gasteiger partial charge in [-0.15, -0.1) is 0 Å². The van der Waals surface area contributed by atoms with Crippen LogP contribution >= 0.6 is 0 Å². The number of carbonyl (C=O) groups excluding carboxylic acids is 1. The molecule has 0 bridgehead atoms. The third-order valence-electron chi connectivity index (χ3n) is 5.82. The molecule has 31 heavy (non-hydrogen) atoms. The number of imidazole rings is 1. The molecule has 6 nitrogen and oxygen atoms in total. The van der Waals surface area contributed by atoms with Crippen molar-refractivity contribution in [2.45, 2.75) is 19.4 Å². The van der Waals surface area contributed by atoms with Crippen LogP contribution in [0.1, 0.15) is 39.0 Å². The van der Waals surface area contributed by atoms with Gasteiger partial charge in [0.1, 0.15) is 17.6 Å². The lowest BCUT2D eigenvalue weighted by molar-refractivity contribution is 0.0689. The average Bonchev–Trinajstić information content (AvgIpc) is 3.27. The quantitative estimate of drug-likeness (QED) is 0.543. The van der Waals surface area contributed by atoms with Crippen LogP contribution in [0.15, 0.2) is 54.9 Å². The number of pyridine rings is 1. The fraction of sp³-hybridized carbons (Fsp3) is 0.208. The number of hydrogen-bond acceptors (Lipinski definition) is 4. The molecule has 2 aromatic heterocycles. The van der Waals surface area contributed by atoms with E-state index >= 15 is 0 Å². The fourth-order valence-electron chi connectivity index (χ4n) is 4.23. The predicted molar refractivity (Wildman–Crippen MR) is 115 cm³/mol. The number of carbonyl (C=O) groups is 1. The third-order valence-corrected chi connectivity index (χ3v) is 5.82. The van der Waals surface area contributed by atoms with Crippen LogP contribution in [-0.4, -0.2) is 39.4 Å². The zero-order valence-corrected chi connectivity index (χ0v) is 17.2. The second-order valence-corrected chi connectivity index (χ2v) is 7.65. The number of aryl methyl sites for hydroxylation is 1. The number of aromatic amines is 1. The highest BCUT2D eigenvalue weighted by atomic mass is 19.1. The summed E-state index contributed by atoms with van der Waals surface area (Å²) in [4.78, 5) is 27.8. The minimum atomic E-state index is -0.355. The van der Waals surface area contributed by atoms with E-state index in [1.807, 2.05) is 36.1 Å². The number of halogens is 1. The van der Waals surface area contributed by atoms with E-state index in [1.165, 1.54) is 12.1 Å². The Morgan fingerprint density at radius 2 is 2.00 bits per heavy atom. The maximum absolute atomic E-state index is 13.8. The van der Waals surface area contributed by atoms with Crippen LogP contribution in [-0.2, 0) is 6.42 Å². The Labute approximate surface area is 178 Å². The summed E-state index contributed by atoms with van der Waals surface area (Å²) in [6, 6.07) is 13.5. The summed E-state index contributed by atoms with van der Waals surface area (Å²) in [6.07, 6.45) is 2.35. The van der Waals surface area contributed by atoms with Gasteiger partial charge in [-0.05, 0) is 48.9 Å². The molecule has 2 aromatic carbocycles. The number of benzene rings is 2. The number of aromatic nitrogens is 3. The van der Waals surface area contributed by atoms with Crippen molar-refractivity contribution in [3.63, 3.8) is 0 Å². The molecule has 4 aromatic rings. The number of ether oxygens (including phenoxy) is 1. The summed E-state index contributed by atoms with van der Waals surface area (Å²) >= 11 is 0. The van der Waals surface area contributed by atoms with Gasteiger partial charge in [0.2, 0.25) is 0 Å². The summed E-state index contributed by atoms with van der Waals surface area (Å²) in [5, 5.41) is 0.604. The molecule has 0 spiro atoms. The zero-order valence-electron chi connectivity index (χ0n) is 17.2. The van der Waals surface area contributed by atoms with Crippen LogP contribution in [0.2, 0.25) is 0 Å². The SMILES string of the molecule is COc1ccc(C2c3nc[nH]c3CCN2C(=O)c2cc3cc(F)ccc3nc2C)cc1. The number of rotatable bonds is 3. The molecule has 1 amide bonds. The monoisotopic (exact) mass is 416 g/mol. The normalized spacial score (nSPS) is 15.7. The van der Waals surface area contributed by atoms with Crippen molar-refractivity contribution in [1.82, 2.24) is 19.9 Å². The topological polar surface area (TPSA) is 71.1 Å².